The number of nitrogens with one attached hydrogen (secondary N) is 1. The Morgan fingerprint density at radius 1 is 1.06 bits per heavy atom. The van der Waals surface area contributed by atoms with Crippen molar-refractivity contribution in [2.24, 2.45) is 11.3 Å². The number of aromatic nitrogens is 1. The smallest absolute Gasteiger partial charge is 0.253 e. The first-order chi connectivity index (χ1) is 16.1. The molecule has 1 aromatic carbocycles. The molecule has 0 bridgehead atoms. The Hall–Kier alpha value is -3.41. The number of carbonyl (C=O) groups is 2. The number of likely N-dealkylation sites (tertiary alicyclic amines) is 1. The average Bonchev–Trinajstić information content (AvgIpc) is 3.28. The fourth-order valence-corrected chi connectivity index (χ4v) is 5.01. The molecule has 6 heteroatoms. The summed E-state index contributed by atoms with van der Waals surface area (Å²) in [6.07, 6.45) is 9.87. The molecule has 2 aromatic heterocycles. The average molecular weight is 444 g/mol. The Morgan fingerprint density at radius 3 is 2.52 bits per heavy atom. The molecule has 2 aliphatic rings. The lowest BCUT2D eigenvalue weighted by Gasteiger charge is -2.33. The van der Waals surface area contributed by atoms with Crippen LogP contribution in [0.4, 0.5) is 0 Å². The van der Waals surface area contributed by atoms with Gasteiger partial charge in [-0.3, -0.25) is 14.6 Å². The molecule has 1 saturated carbocycles. The van der Waals surface area contributed by atoms with Gasteiger partial charge in [0.05, 0.1) is 6.26 Å². The van der Waals surface area contributed by atoms with Gasteiger partial charge in [0.1, 0.15) is 5.76 Å². The Balaban J connectivity index is 1.07. The second-order valence-corrected chi connectivity index (χ2v) is 9.22. The fraction of sp³-hybridized carbons (Fsp3) is 0.370. The van der Waals surface area contributed by atoms with Crippen molar-refractivity contribution < 1.29 is 14.0 Å². The molecule has 1 aliphatic heterocycles. The van der Waals surface area contributed by atoms with Gasteiger partial charge >= 0.3 is 0 Å². The predicted octanol–water partition coefficient (Wildman–Crippen LogP) is 4.33. The van der Waals surface area contributed by atoms with Crippen LogP contribution in [0.2, 0.25) is 0 Å². The van der Waals surface area contributed by atoms with E-state index in [2.05, 4.69) is 10.3 Å². The first-order valence-corrected chi connectivity index (χ1v) is 11.7. The molecule has 1 atom stereocenters. The van der Waals surface area contributed by atoms with Crippen molar-refractivity contribution in [3.05, 3.63) is 78.3 Å². The van der Waals surface area contributed by atoms with Crippen LogP contribution < -0.4 is 5.32 Å². The van der Waals surface area contributed by atoms with Crippen molar-refractivity contribution in [3.8, 4) is 11.3 Å². The Labute approximate surface area is 194 Å². The highest BCUT2D eigenvalue weighted by atomic mass is 16.3. The third kappa shape index (κ3) is 4.70. The van der Waals surface area contributed by atoms with Crippen LogP contribution >= 0.6 is 0 Å². The van der Waals surface area contributed by atoms with Gasteiger partial charge in [0.2, 0.25) is 5.91 Å². The summed E-state index contributed by atoms with van der Waals surface area (Å²) in [6.45, 7) is 2.13. The molecule has 170 valence electrons. The number of pyridine rings is 1. The largest absolute Gasteiger partial charge is 0.464 e. The van der Waals surface area contributed by atoms with Gasteiger partial charge in [0, 0.05) is 49.1 Å². The van der Waals surface area contributed by atoms with E-state index in [0.717, 1.165) is 43.4 Å². The van der Waals surface area contributed by atoms with Crippen LogP contribution in [0.1, 0.15) is 41.6 Å². The molecule has 5 rings (SSSR count). The Morgan fingerprint density at radius 2 is 1.82 bits per heavy atom. The van der Waals surface area contributed by atoms with E-state index in [1.54, 1.807) is 18.7 Å². The maximum absolute atomic E-state index is 13.0. The zero-order valence-electron chi connectivity index (χ0n) is 18.7. The van der Waals surface area contributed by atoms with Crippen molar-refractivity contribution in [1.29, 1.82) is 0 Å². The number of benzene rings is 1. The molecular weight excluding hydrogens is 414 g/mol. The van der Waals surface area contributed by atoms with E-state index < -0.39 is 0 Å². The molecule has 3 heterocycles. The number of hydrogen-bond donors (Lipinski definition) is 1. The first kappa shape index (κ1) is 21.4. The van der Waals surface area contributed by atoms with E-state index in [1.807, 2.05) is 53.4 Å². The van der Waals surface area contributed by atoms with Gasteiger partial charge in [-0.2, -0.15) is 0 Å². The van der Waals surface area contributed by atoms with Gasteiger partial charge in [-0.25, -0.2) is 0 Å². The number of hydrogen-bond acceptors (Lipinski definition) is 4. The maximum atomic E-state index is 13.0. The van der Waals surface area contributed by atoms with Crippen molar-refractivity contribution in [1.82, 2.24) is 15.2 Å². The number of carbonyl (C=O) groups excluding carboxylic acids is 2. The van der Waals surface area contributed by atoms with Gasteiger partial charge in [-0.15, -0.1) is 0 Å². The van der Waals surface area contributed by atoms with Gasteiger partial charge < -0.3 is 14.6 Å². The first-order valence-electron chi connectivity index (χ1n) is 11.7. The molecule has 0 radical (unpaired) electrons. The standard InChI is InChI=1S/C27H29N3O3/c31-25(29-13-1-3-20-9-14-28-15-10-20)23-19-27(23)11-16-30(17-12-27)26(32)22-7-5-21(6-8-22)24-4-2-18-33-24/h2,4-10,14-15,18,23H,1,3,11-13,16-17,19H2,(H,29,31)/t23-/m1/s1. The SMILES string of the molecule is O=C(NCCCc1ccncc1)[C@H]1CC12CCN(C(=O)c1ccc(-c3ccco3)cc1)CC2. The highest BCUT2D eigenvalue weighted by Gasteiger charge is 2.58. The molecule has 1 spiro atoms. The molecule has 33 heavy (non-hydrogen) atoms. The Kier molecular flexibility index (Phi) is 5.99. The molecular formula is C27H29N3O3. The highest BCUT2D eigenvalue weighted by molar-refractivity contribution is 5.94. The minimum atomic E-state index is 0.0635. The van der Waals surface area contributed by atoms with E-state index in [9.17, 15) is 9.59 Å². The normalized spacial score (nSPS) is 18.8. The van der Waals surface area contributed by atoms with Crippen LogP contribution in [-0.4, -0.2) is 41.3 Å². The highest BCUT2D eigenvalue weighted by Crippen LogP contribution is 2.59. The van der Waals surface area contributed by atoms with E-state index in [-0.39, 0.29) is 23.1 Å². The molecule has 3 aromatic rings. The molecule has 0 unspecified atom stereocenters. The second kappa shape index (κ2) is 9.22. The maximum Gasteiger partial charge on any atom is 0.253 e. The summed E-state index contributed by atoms with van der Waals surface area (Å²) in [7, 11) is 0. The summed E-state index contributed by atoms with van der Waals surface area (Å²) in [5.74, 6) is 1.14. The summed E-state index contributed by atoms with van der Waals surface area (Å²) in [6, 6.07) is 15.4. The summed E-state index contributed by atoms with van der Waals surface area (Å²) in [5, 5.41) is 3.12. The minimum absolute atomic E-state index is 0.0635. The van der Waals surface area contributed by atoms with Crippen molar-refractivity contribution in [3.63, 3.8) is 0 Å². The Bertz CT molecular complexity index is 1090. The van der Waals surface area contributed by atoms with E-state index in [0.29, 0.717) is 25.2 Å². The van der Waals surface area contributed by atoms with E-state index >= 15 is 0 Å². The van der Waals surface area contributed by atoms with Gasteiger partial charge in [-0.05, 0) is 79.5 Å². The van der Waals surface area contributed by atoms with Crippen LogP contribution in [0, 0.1) is 11.3 Å². The van der Waals surface area contributed by atoms with Crippen molar-refractivity contribution in [2.45, 2.75) is 32.1 Å². The monoisotopic (exact) mass is 443 g/mol. The number of aryl methyl sites for hydroxylation is 1. The zero-order chi connectivity index (χ0) is 22.7. The molecule has 1 saturated heterocycles. The number of rotatable bonds is 7. The molecule has 1 aliphatic carbocycles. The fourth-order valence-electron chi connectivity index (χ4n) is 5.01. The van der Waals surface area contributed by atoms with Crippen molar-refractivity contribution in [2.75, 3.05) is 19.6 Å². The number of nitrogens with zero attached hydrogens (tertiary/aromatic N) is 2. The summed E-state index contributed by atoms with van der Waals surface area (Å²) >= 11 is 0. The lowest BCUT2D eigenvalue weighted by molar-refractivity contribution is -0.123. The summed E-state index contributed by atoms with van der Waals surface area (Å²) < 4.78 is 5.42. The quantitative estimate of drug-likeness (QED) is 0.552. The number of furan rings is 1. The van der Waals surface area contributed by atoms with Gasteiger partial charge in [0.25, 0.3) is 5.91 Å². The van der Waals surface area contributed by atoms with Gasteiger partial charge in [-0.1, -0.05) is 12.1 Å². The van der Waals surface area contributed by atoms with E-state index in [4.69, 9.17) is 4.42 Å². The van der Waals surface area contributed by atoms with Crippen LogP contribution in [-0.2, 0) is 11.2 Å². The van der Waals surface area contributed by atoms with Crippen LogP contribution in [0.15, 0.2) is 71.6 Å². The molecule has 6 nitrogen and oxygen atoms in total. The van der Waals surface area contributed by atoms with Crippen LogP contribution in [0.5, 0.6) is 0 Å². The molecule has 1 N–H and O–H groups in total. The van der Waals surface area contributed by atoms with Crippen LogP contribution in [0.25, 0.3) is 11.3 Å². The topological polar surface area (TPSA) is 75.4 Å². The van der Waals surface area contributed by atoms with Crippen molar-refractivity contribution >= 4 is 11.8 Å². The molecule has 2 amide bonds. The van der Waals surface area contributed by atoms with Gasteiger partial charge in [0.15, 0.2) is 0 Å². The molecule has 2 fully saturated rings. The lowest BCUT2D eigenvalue weighted by Crippen LogP contribution is -2.40. The number of piperidine rings is 1. The van der Waals surface area contributed by atoms with Crippen LogP contribution in [0.3, 0.4) is 0 Å². The third-order valence-electron chi connectivity index (χ3n) is 7.18. The number of amides is 2. The third-order valence-corrected chi connectivity index (χ3v) is 7.18. The summed E-state index contributed by atoms with van der Waals surface area (Å²) in [4.78, 5) is 31.6. The lowest BCUT2D eigenvalue weighted by atomic mass is 9.90. The van der Waals surface area contributed by atoms with E-state index in [1.165, 1.54) is 5.56 Å². The predicted molar refractivity (Wildman–Crippen MR) is 125 cm³/mol. The zero-order valence-corrected chi connectivity index (χ0v) is 18.7. The second-order valence-electron chi connectivity index (χ2n) is 9.22. The summed E-state index contributed by atoms with van der Waals surface area (Å²) in [5.41, 5.74) is 2.99. The minimum Gasteiger partial charge on any atom is -0.464 e.